The Balaban J connectivity index is 1.38. The zero-order chi connectivity index (χ0) is 28.3. The van der Waals surface area contributed by atoms with Gasteiger partial charge in [0.2, 0.25) is 11.8 Å². The van der Waals surface area contributed by atoms with Gasteiger partial charge >= 0.3 is 0 Å². The maximum Gasteiger partial charge on any atom is 0.262 e. The van der Waals surface area contributed by atoms with E-state index in [1.807, 2.05) is 54.3 Å². The highest BCUT2D eigenvalue weighted by Gasteiger charge is 2.27. The molecule has 0 saturated heterocycles. The number of thioether (sulfide) groups is 1. The third kappa shape index (κ3) is 7.96. The first-order chi connectivity index (χ1) is 19.5. The molecule has 1 saturated carbocycles. The predicted molar refractivity (Wildman–Crippen MR) is 162 cm³/mol. The largest absolute Gasteiger partial charge is 0.356 e. The fourth-order valence-corrected chi connectivity index (χ4v) is 6.34. The number of carbonyl (C=O) groups is 2. The van der Waals surface area contributed by atoms with Gasteiger partial charge in [0.1, 0.15) is 0 Å². The first-order valence-electron chi connectivity index (χ1n) is 14.7. The molecular formula is C32H42N4O3S. The van der Waals surface area contributed by atoms with Crippen LogP contribution >= 0.6 is 11.8 Å². The second-order valence-electron chi connectivity index (χ2n) is 10.7. The van der Waals surface area contributed by atoms with Crippen molar-refractivity contribution in [3.05, 3.63) is 70.5 Å². The highest BCUT2D eigenvalue weighted by Crippen LogP contribution is 2.31. The van der Waals surface area contributed by atoms with E-state index in [0.29, 0.717) is 41.6 Å². The molecular weight excluding hydrogens is 520 g/mol. The smallest absolute Gasteiger partial charge is 0.262 e. The third-order valence-electron chi connectivity index (χ3n) is 7.88. The van der Waals surface area contributed by atoms with Gasteiger partial charge in [-0.05, 0) is 69.1 Å². The van der Waals surface area contributed by atoms with E-state index in [1.54, 1.807) is 4.57 Å². The van der Waals surface area contributed by atoms with E-state index in [9.17, 15) is 14.4 Å². The lowest BCUT2D eigenvalue weighted by Gasteiger charge is -2.29. The van der Waals surface area contributed by atoms with Gasteiger partial charge in [-0.1, -0.05) is 67.6 Å². The Morgan fingerprint density at radius 1 is 1.02 bits per heavy atom. The van der Waals surface area contributed by atoms with Crippen LogP contribution in [0.25, 0.3) is 10.9 Å². The van der Waals surface area contributed by atoms with Crippen molar-refractivity contribution in [1.29, 1.82) is 0 Å². The number of nitrogens with one attached hydrogen (secondary N) is 1. The summed E-state index contributed by atoms with van der Waals surface area (Å²) in [5.74, 6) is 0.790. The summed E-state index contributed by atoms with van der Waals surface area (Å²) < 4.78 is 1.77. The minimum atomic E-state index is -0.0559. The molecule has 3 aromatic rings. The molecule has 0 radical (unpaired) electrons. The number of aromatic nitrogens is 2. The van der Waals surface area contributed by atoms with Crippen molar-refractivity contribution >= 4 is 34.5 Å². The molecule has 0 bridgehead atoms. The lowest BCUT2D eigenvalue weighted by molar-refractivity contribution is -0.128. The van der Waals surface area contributed by atoms with Crippen molar-refractivity contribution < 1.29 is 9.59 Å². The van der Waals surface area contributed by atoms with E-state index in [1.165, 1.54) is 17.3 Å². The lowest BCUT2D eigenvalue weighted by Crippen LogP contribution is -2.36. The van der Waals surface area contributed by atoms with Crippen molar-refractivity contribution in [3.63, 3.8) is 0 Å². The third-order valence-corrected chi connectivity index (χ3v) is 8.84. The molecule has 1 heterocycles. The Bertz CT molecular complexity index is 1320. The topological polar surface area (TPSA) is 84.3 Å². The molecule has 214 valence electrons. The average molecular weight is 563 g/mol. The quantitative estimate of drug-likeness (QED) is 0.226. The van der Waals surface area contributed by atoms with Gasteiger partial charge in [0.15, 0.2) is 5.16 Å². The molecule has 1 aromatic heterocycles. The van der Waals surface area contributed by atoms with Gasteiger partial charge in [0.05, 0.1) is 16.7 Å². The normalized spacial score (nSPS) is 17.1. The number of amides is 2. The number of benzene rings is 2. The first-order valence-corrected chi connectivity index (χ1v) is 15.7. The summed E-state index contributed by atoms with van der Waals surface area (Å²) in [5.41, 5.74) is 1.83. The van der Waals surface area contributed by atoms with Crippen LogP contribution in [0.4, 0.5) is 0 Å². The maximum atomic E-state index is 13.6. The van der Waals surface area contributed by atoms with Gasteiger partial charge in [-0.2, -0.15) is 0 Å². The summed E-state index contributed by atoms with van der Waals surface area (Å²) in [6.45, 7) is 6.77. The number of unbranched alkanes of at least 4 members (excludes halogenated alkanes) is 1. The molecule has 1 N–H and O–H groups in total. The minimum absolute atomic E-state index is 0.0214. The summed E-state index contributed by atoms with van der Waals surface area (Å²) in [4.78, 5) is 45.9. The predicted octanol–water partition coefficient (Wildman–Crippen LogP) is 5.30. The molecule has 1 aliphatic rings. The lowest BCUT2D eigenvalue weighted by atomic mass is 9.81. The summed E-state index contributed by atoms with van der Waals surface area (Å²) in [6, 6.07) is 17.6. The molecule has 7 nitrogen and oxygen atoms in total. The van der Waals surface area contributed by atoms with Crippen molar-refractivity contribution in [2.24, 2.45) is 11.8 Å². The molecule has 40 heavy (non-hydrogen) atoms. The van der Waals surface area contributed by atoms with Gasteiger partial charge in [0.25, 0.3) is 5.56 Å². The fraction of sp³-hybridized carbons (Fsp3) is 0.500. The summed E-state index contributed by atoms with van der Waals surface area (Å²) >= 11 is 1.36. The number of hydrogen-bond acceptors (Lipinski definition) is 5. The summed E-state index contributed by atoms with van der Waals surface area (Å²) in [5, 5.41) is 4.32. The van der Waals surface area contributed by atoms with Crippen LogP contribution in [0.3, 0.4) is 0 Å². The van der Waals surface area contributed by atoms with E-state index < -0.39 is 0 Å². The highest BCUT2D eigenvalue weighted by molar-refractivity contribution is 7.99. The second-order valence-corrected chi connectivity index (χ2v) is 11.6. The van der Waals surface area contributed by atoms with Crippen LogP contribution in [0.15, 0.2) is 64.5 Å². The van der Waals surface area contributed by atoms with Gasteiger partial charge in [-0.15, -0.1) is 0 Å². The monoisotopic (exact) mass is 562 g/mol. The number of rotatable bonds is 13. The van der Waals surface area contributed by atoms with Crippen molar-refractivity contribution in [3.8, 4) is 0 Å². The van der Waals surface area contributed by atoms with E-state index in [4.69, 9.17) is 4.98 Å². The Morgan fingerprint density at radius 3 is 2.48 bits per heavy atom. The maximum absolute atomic E-state index is 13.6. The molecule has 1 aliphatic carbocycles. The minimum Gasteiger partial charge on any atom is -0.356 e. The number of hydrogen-bond donors (Lipinski definition) is 1. The van der Waals surface area contributed by atoms with Gasteiger partial charge in [-0.3, -0.25) is 19.0 Å². The Labute approximate surface area is 241 Å². The zero-order valence-corrected chi connectivity index (χ0v) is 24.6. The van der Waals surface area contributed by atoms with Crippen LogP contribution < -0.4 is 10.9 Å². The number of para-hydroxylation sites is 1. The van der Waals surface area contributed by atoms with E-state index in [2.05, 4.69) is 24.4 Å². The molecule has 2 amide bonds. The molecule has 4 rings (SSSR count). The summed E-state index contributed by atoms with van der Waals surface area (Å²) in [7, 11) is 0. The van der Waals surface area contributed by atoms with Crippen molar-refractivity contribution in [2.45, 2.75) is 70.5 Å². The molecule has 0 atom stereocenters. The molecule has 1 fully saturated rings. The van der Waals surface area contributed by atoms with Crippen LogP contribution in [0.5, 0.6) is 0 Å². The molecule has 0 spiro atoms. The summed E-state index contributed by atoms with van der Waals surface area (Å²) in [6.07, 6.45) is 6.27. The number of carbonyl (C=O) groups excluding carboxylic acids is 2. The molecule has 8 heteroatoms. The van der Waals surface area contributed by atoms with Gasteiger partial charge in [-0.25, -0.2) is 4.98 Å². The Hall–Kier alpha value is -3.13. The van der Waals surface area contributed by atoms with Crippen molar-refractivity contribution in [2.75, 3.05) is 25.4 Å². The highest BCUT2D eigenvalue weighted by atomic mass is 32.2. The van der Waals surface area contributed by atoms with Crippen LogP contribution in [0, 0.1) is 11.8 Å². The SMILES string of the molecule is CCCCN(CC)C(=O)CSc1nc2ccccc2c(=O)n1CC1CCC(C(=O)NCCc2ccccc2)CC1. The van der Waals surface area contributed by atoms with E-state index >= 15 is 0 Å². The zero-order valence-electron chi connectivity index (χ0n) is 23.8. The van der Waals surface area contributed by atoms with Crippen LogP contribution in [-0.4, -0.2) is 51.7 Å². The standard InChI is InChI=1S/C32H42N4O3S/c1-3-5-21-35(4-2)29(37)23-40-32-34-28-14-10-9-13-27(28)31(39)36(32)22-25-15-17-26(18-16-25)30(38)33-20-19-24-11-7-6-8-12-24/h6-14,25-26H,3-5,15-23H2,1-2H3,(H,33,38). The van der Waals surface area contributed by atoms with Crippen molar-refractivity contribution in [1.82, 2.24) is 19.8 Å². The Kier molecular flexibility index (Phi) is 11.2. The molecule has 0 unspecified atom stereocenters. The van der Waals surface area contributed by atoms with Crippen LogP contribution in [-0.2, 0) is 22.6 Å². The molecule has 2 aromatic carbocycles. The number of nitrogens with zero attached hydrogens (tertiary/aromatic N) is 3. The van der Waals surface area contributed by atoms with Gasteiger partial charge in [0, 0.05) is 32.1 Å². The van der Waals surface area contributed by atoms with E-state index in [-0.39, 0.29) is 29.0 Å². The fourth-order valence-electron chi connectivity index (χ4n) is 5.43. The van der Waals surface area contributed by atoms with E-state index in [0.717, 1.165) is 51.5 Å². The molecule has 0 aliphatic heterocycles. The van der Waals surface area contributed by atoms with Gasteiger partial charge < -0.3 is 10.2 Å². The average Bonchev–Trinajstić information content (AvgIpc) is 2.99. The Morgan fingerprint density at radius 2 is 1.75 bits per heavy atom. The second kappa shape index (κ2) is 15.0. The number of fused-ring (bicyclic) bond motifs is 1. The van der Waals surface area contributed by atoms with Crippen LogP contribution in [0.2, 0.25) is 0 Å². The van der Waals surface area contributed by atoms with Crippen LogP contribution in [0.1, 0.15) is 57.9 Å². The first kappa shape index (κ1) is 29.8.